The number of ether oxygens (including phenoxy) is 1. The van der Waals surface area contributed by atoms with Crippen LogP contribution in [-0.2, 0) is 19.6 Å². The predicted molar refractivity (Wildman–Crippen MR) is 102 cm³/mol. The van der Waals surface area contributed by atoms with Crippen LogP contribution in [0.15, 0.2) is 29.2 Å². The third kappa shape index (κ3) is 5.77. The Bertz CT molecular complexity index is 753. The van der Waals surface area contributed by atoms with Crippen LogP contribution in [0.1, 0.15) is 50.4 Å². The van der Waals surface area contributed by atoms with Gasteiger partial charge in [0.1, 0.15) is 0 Å². The van der Waals surface area contributed by atoms with E-state index in [0.29, 0.717) is 19.0 Å². The molecule has 1 amide bonds. The molecule has 1 atom stereocenters. The van der Waals surface area contributed by atoms with Crippen LogP contribution in [0.5, 0.6) is 0 Å². The molecule has 27 heavy (non-hydrogen) atoms. The molecular formula is C19H28N2O5S. The number of hydrogen-bond acceptors (Lipinski definition) is 5. The molecule has 1 N–H and O–H groups in total. The highest BCUT2D eigenvalue weighted by atomic mass is 32.2. The lowest BCUT2D eigenvalue weighted by Gasteiger charge is -2.29. The molecule has 1 heterocycles. The van der Waals surface area contributed by atoms with E-state index in [0.717, 1.165) is 19.3 Å². The lowest BCUT2D eigenvalue weighted by molar-refractivity contribution is -0.124. The number of amides is 1. The molecule has 0 aliphatic carbocycles. The maximum atomic E-state index is 12.7. The van der Waals surface area contributed by atoms with E-state index in [1.807, 2.05) is 13.8 Å². The molecule has 0 aromatic heterocycles. The van der Waals surface area contributed by atoms with Crippen LogP contribution < -0.4 is 5.32 Å². The zero-order valence-corrected chi connectivity index (χ0v) is 16.9. The van der Waals surface area contributed by atoms with Crippen molar-refractivity contribution < 1.29 is 22.7 Å². The molecule has 1 aliphatic rings. The van der Waals surface area contributed by atoms with E-state index in [1.54, 1.807) is 0 Å². The Kier molecular flexibility index (Phi) is 7.38. The molecule has 1 aromatic rings. The van der Waals surface area contributed by atoms with Gasteiger partial charge in [-0.3, -0.25) is 4.79 Å². The Morgan fingerprint density at radius 1 is 1.22 bits per heavy atom. The highest BCUT2D eigenvalue weighted by Crippen LogP contribution is 2.23. The Balaban J connectivity index is 1.96. The summed E-state index contributed by atoms with van der Waals surface area (Å²) < 4.78 is 31.8. The number of nitrogens with zero attached hydrogens (tertiary/aromatic N) is 1. The van der Waals surface area contributed by atoms with Gasteiger partial charge in [0.25, 0.3) is 5.91 Å². The van der Waals surface area contributed by atoms with Crippen LogP contribution in [0, 0.1) is 5.92 Å². The zero-order valence-electron chi connectivity index (χ0n) is 16.1. The molecule has 150 valence electrons. The van der Waals surface area contributed by atoms with Crippen molar-refractivity contribution in [2.24, 2.45) is 5.92 Å². The summed E-state index contributed by atoms with van der Waals surface area (Å²) in [5.41, 5.74) is 0.206. The molecule has 1 fully saturated rings. The van der Waals surface area contributed by atoms with Crippen LogP contribution in [0.2, 0.25) is 0 Å². The summed E-state index contributed by atoms with van der Waals surface area (Å²) in [6, 6.07) is 5.65. The van der Waals surface area contributed by atoms with Gasteiger partial charge >= 0.3 is 5.97 Å². The number of rotatable bonds is 7. The van der Waals surface area contributed by atoms with E-state index in [9.17, 15) is 18.0 Å². The number of piperidine rings is 1. The third-order valence-corrected chi connectivity index (χ3v) is 6.74. The molecule has 1 saturated heterocycles. The van der Waals surface area contributed by atoms with Crippen molar-refractivity contribution in [2.75, 3.05) is 19.7 Å². The summed E-state index contributed by atoms with van der Waals surface area (Å²) in [5.74, 6) is -0.493. The summed E-state index contributed by atoms with van der Waals surface area (Å²) in [5, 5.41) is 2.70. The SMILES string of the molecule is CC[C@H](C)NC(=O)COC(=O)c1ccc(S(=O)(=O)N2CCC(C)CC2)cc1. The Morgan fingerprint density at radius 2 is 1.81 bits per heavy atom. The van der Waals surface area contributed by atoms with Gasteiger partial charge in [-0.2, -0.15) is 4.31 Å². The first kappa shape index (κ1) is 21.4. The second-order valence-electron chi connectivity index (χ2n) is 7.06. The maximum Gasteiger partial charge on any atom is 0.338 e. The van der Waals surface area contributed by atoms with Gasteiger partial charge < -0.3 is 10.1 Å². The number of esters is 1. The molecule has 0 radical (unpaired) electrons. The third-order valence-electron chi connectivity index (χ3n) is 4.82. The standard InChI is InChI=1S/C19H28N2O5S/c1-4-15(3)20-18(22)13-26-19(23)16-5-7-17(8-6-16)27(24,25)21-11-9-14(2)10-12-21/h5-8,14-15H,4,9-13H2,1-3H3,(H,20,22)/t15-/m0/s1. The Labute approximate surface area is 161 Å². The van der Waals surface area contributed by atoms with Gasteiger partial charge in [-0.05, 0) is 56.4 Å². The molecule has 7 nitrogen and oxygen atoms in total. The highest BCUT2D eigenvalue weighted by molar-refractivity contribution is 7.89. The molecule has 2 rings (SSSR count). The van der Waals surface area contributed by atoms with Crippen molar-refractivity contribution in [3.63, 3.8) is 0 Å². The van der Waals surface area contributed by atoms with Crippen LogP contribution in [0.3, 0.4) is 0 Å². The fraction of sp³-hybridized carbons (Fsp3) is 0.579. The largest absolute Gasteiger partial charge is 0.452 e. The molecule has 1 aromatic carbocycles. The molecule has 8 heteroatoms. The van der Waals surface area contributed by atoms with Crippen molar-refractivity contribution in [1.82, 2.24) is 9.62 Å². The van der Waals surface area contributed by atoms with E-state index in [-0.39, 0.29) is 29.0 Å². The molecule has 1 aliphatic heterocycles. The van der Waals surface area contributed by atoms with Crippen molar-refractivity contribution in [2.45, 2.75) is 51.0 Å². The first-order valence-electron chi connectivity index (χ1n) is 9.30. The van der Waals surface area contributed by atoms with Gasteiger partial charge in [-0.1, -0.05) is 13.8 Å². The second-order valence-corrected chi connectivity index (χ2v) is 9.00. The van der Waals surface area contributed by atoms with Crippen molar-refractivity contribution in [3.05, 3.63) is 29.8 Å². The van der Waals surface area contributed by atoms with Gasteiger partial charge in [0.05, 0.1) is 10.5 Å². The van der Waals surface area contributed by atoms with E-state index in [4.69, 9.17) is 4.74 Å². The molecule has 0 spiro atoms. The number of carbonyl (C=O) groups excluding carboxylic acids is 2. The smallest absolute Gasteiger partial charge is 0.338 e. The predicted octanol–water partition coefficient (Wildman–Crippen LogP) is 2.18. The fourth-order valence-corrected chi connectivity index (χ4v) is 4.24. The van der Waals surface area contributed by atoms with E-state index in [1.165, 1.54) is 28.6 Å². The number of benzene rings is 1. The first-order valence-corrected chi connectivity index (χ1v) is 10.7. The van der Waals surface area contributed by atoms with E-state index < -0.39 is 16.0 Å². The van der Waals surface area contributed by atoms with Gasteiger partial charge in [0.15, 0.2) is 6.61 Å². The summed E-state index contributed by atoms with van der Waals surface area (Å²) >= 11 is 0. The van der Waals surface area contributed by atoms with Gasteiger partial charge in [0, 0.05) is 19.1 Å². The van der Waals surface area contributed by atoms with Crippen LogP contribution in [0.25, 0.3) is 0 Å². The minimum atomic E-state index is -3.55. The van der Waals surface area contributed by atoms with Crippen LogP contribution >= 0.6 is 0 Å². The highest BCUT2D eigenvalue weighted by Gasteiger charge is 2.28. The minimum absolute atomic E-state index is 0.0125. The zero-order chi connectivity index (χ0) is 20.0. The molecule has 0 unspecified atom stereocenters. The Morgan fingerprint density at radius 3 is 2.37 bits per heavy atom. The molecule has 0 bridgehead atoms. The lowest BCUT2D eigenvalue weighted by Crippen LogP contribution is -2.37. The van der Waals surface area contributed by atoms with Gasteiger partial charge in [0.2, 0.25) is 10.0 Å². The summed E-state index contributed by atoms with van der Waals surface area (Å²) in [6.45, 7) is 6.58. The second kappa shape index (κ2) is 9.32. The van der Waals surface area contributed by atoms with Gasteiger partial charge in [-0.15, -0.1) is 0 Å². The lowest BCUT2D eigenvalue weighted by atomic mass is 10.0. The minimum Gasteiger partial charge on any atom is -0.452 e. The fourth-order valence-electron chi connectivity index (χ4n) is 2.77. The Hall–Kier alpha value is -1.93. The first-order chi connectivity index (χ1) is 12.7. The van der Waals surface area contributed by atoms with E-state index >= 15 is 0 Å². The van der Waals surface area contributed by atoms with Crippen LogP contribution in [0.4, 0.5) is 0 Å². The quantitative estimate of drug-likeness (QED) is 0.713. The van der Waals surface area contributed by atoms with E-state index in [2.05, 4.69) is 12.2 Å². The van der Waals surface area contributed by atoms with Crippen LogP contribution in [-0.4, -0.2) is 50.3 Å². The topological polar surface area (TPSA) is 92.8 Å². The number of nitrogens with one attached hydrogen (secondary N) is 1. The number of hydrogen-bond donors (Lipinski definition) is 1. The molecule has 0 saturated carbocycles. The van der Waals surface area contributed by atoms with Crippen molar-refractivity contribution in [1.29, 1.82) is 0 Å². The average Bonchev–Trinajstić information content (AvgIpc) is 2.66. The molecular weight excluding hydrogens is 368 g/mol. The number of carbonyl (C=O) groups is 2. The normalized spacial score (nSPS) is 17.3. The summed E-state index contributed by atoms with van der Waals surface area (Å²) in [6.07, 6.45) is 2.48. The van der Waals surface area contributed by atoms with Crippen molar-refractivity contribution in [3.8, 4) is 0 Å². The summed E-state index contributed by atoms with van der Waals surface area (Å²) in [7, 11) is -3.55. The summed E-state index contributed by atoms with van der Waals surface area (Å²) in [4.78, 5) is 23.9. The van der Waals surface area contributed by atoms with Crippen molar-refractivity contribution >= 4 is 21.9 Å². The number of sulfonamides is 1. The average molecular weight is 397 g/mol. The van der Waals surface area contributed by atoms with Gasteiger partial charge in [-0.25, -0.2) is 13.2 Å². The maximum absolute atomic E-state index is 12.7. The monoisotopic (exact) mass is 396 g/mol.